The molecule has 0 bridgehead atoms. The molecule has 32 heavy (non-hydrogen) atoms. The number of hydrogen-bond acceptors (Lipinski definition) is 7. The third-order valence-corrected chi connectivity index (χ3v) is 4.62. The van der Waals surface area contributed by atoms with E-state index >= 15 is 0 Å². The molecule has 0 heterocycles. The maximum atomic E-state index is 11.9. The molecule has 0 spiro atoms. The summed E-state index contributed by atoms with van der Waals surface area (Å²) in [4.78, 5) is 27.4. The molecule has 0 radical (unpaired) electrons. The molecule has 0 fully saturated rings. The van der Waals surface area contributed by atoms with Crippen LogP contribution in [0.5, 0.6) is 11.5 Å². The highest BCUT2D eigenvalue weighted by molar-refractivity contribution is 6.20. The maximum Gasteiger partial charge on any atom is 0.303 e. The Labute approximate surface area is 187 Å². The van der Waals surface area contributed by atoms with Crippen molar-refractivity contribution < 1.29 is 29.0 Å². The first-order valence-electron chi connectivity index (χ1n) is 10.1. The number of ether oxygens (including phenoxy) is 2. The number of rotatable bonds is 13. The highest BCUT2D eigenvalue weighted by Gasteiger charge is 2.24. The van der Waals surface area contributed by atoms with Crippen molar-refractivity contribution in [3.63, 3.8) is 0 Å². The molecular formula is C24H28N2O6. The number of carbonyl (C=O) groups is 2. The molecule has 0 saturated heterocycles. The highest BCUT2D eigenvalue weighted by Crippen LogP contribution is 2.18. The van der Waals surface area contributed by atoms with Gasteiger partial charge in [-0.05, 0) is 55.7 Å². The first-order valence-corrected chi connectivity index (χ1v) is 10.1. The highest BCUT2D eigenvalue weighted by atomic mass is 16.6. The van der Waals surface area contributed by atoms with Gasteiger partial charge in [-0.15, -0.1) is 0 Å². The van der Waals surface area contributed by atoms with Gasteiger partial charge >= 0.3 is 5.97 Å². The topological polar surface area (TPSA) is 118 Å². The third-order valence-electron chi connectivity index (χ3n) is 4.62. The zero-order valence-electron chi connectivity index (χ0n) is 18.5. The van der Waals surface area contributed by atoms with Crippen molar-refractivity contribution in [2.45, 2.75) is 33.3 Å². The number of ketones is 1. The van der Waals surface area contributed by atoms with Crippen molar-refractivity contribution in [2.75, 3.05) is 13.7 Å². The van der Waals surface area contributed by atoms with Crippen LogP contribution >= 0.6 is 0 Å². The maximum absolute atomic E-state index is 11.9. The number of carboxylic acids is 1. The molecule has 0 aliphatic rings. The molecule has 0 amide bonds. The summed E-state index contributed by atoms with van der Waals surface area (Å²) < 4.78 is 11.6. The molecule has 2 rings (SSSR count). The molecular weight excluding hydrogens is 412 g/mol. The summed E-state index contributed by atoms with van der Waals surface area (Å²) in [6, 6.07) is 14.7. The Morgan fingerprint density at radius 1 is 1.03 bits per heavy atom. The largest absolute Gasteiger partial charge is 0.489 e. The molecule has 170 valence electrons. The van der Waals surface area contributed by atoms with Crippen molar-refractivity contribution in [1.29, 1.82) is 5.41 Å². The van der Waals surface area contributed by atoms with Crippen molar-refractivity contribution in [1.82, 2.24) is 0 Å². The molecule has 2 aromatic rings. The van der Waals surface area contributed by atoms with Gasteiger partial charge < -0.3 is 24.8 Å². The van der Waals surface area contributed by atoms with Crippen molar-refractivity contribution >= 4 is 23.2 Å². The van der Waals surface area contributed by atoms with Gasteiger partial charge in [0.1, 0.15) is 43.3 Å². The van der Waals surface area contributed by atoms with Gasteiger partial charge in [0.25, 0.3) is 0 Å². The lowest BCUT2D eigenvalue weighted by Crippen LogP contribution is -2.32. The minimum atomic E-state index is -0.821. The average Bonchev–Trinajstić information content (AvgIpc) is 2.75. The van der Waals surface area contributed by atoms with Crippen LogP contribution in [-0.4, -0.2) is 42.0 Å². The van der Waals surface area contributed by atoms with E-state index < -0.39 is 11.9 Å². The summed E-state index contributed by atoms with van der Waals surface area (Å²) in [5, 5.41) is 20.5. The number of carbonyl (C=O) groups excluding carboxylic acids is 1. The van der Waals surface area contributed by atoms with Crippen LogP contribution in [0.2, 0.25) is 0 Å². The van der Waals surface area contributed by atoms with E-state index in [9.17, 15) is 9.59 Å². The number of carboxylic acid groups (broad SMARTS) is 1. The van der Waals surface area contributed by atoms with E-state index in [1.807, 2.05) is 42.5 Å². The van der Waals surface area contributed by atoms with Crippen LogP contribution < -0.4 is 9.47 Å². The summed E-state index contributed by atoms with van der Waals surface area (Å²) in [7, 11) is 1.38. The second-order valence-electron chi connectivity index (χ2n) is 7.25. The second-order valence-corrected chi connectivity index (χ2v) is 7.25. The van der Waals surface area contributed by atoms with Crippen LogP contribution in [0.4, 0.5) is 0 Å². The van der Waals surface area contributed by atoms with E-state index in [0.29, 0.717) is 30.2 Å². The lowest BCUT2D eigenvalue weighted by molar-refractivity contribution is -0.137. The van der Waals surface area contributed by atoms with Gasteiger partial charge in [0, 0.05) is 12.1 Å². The number of benzene rings is 2. The van der Waals surface area contributed by atoms with E-state index in [2.05, 4.69) is 5.16 Å². The molecule has 0 aromatic heterocycles. The summed E-state index contributed by atoms with van der Waals surface area (Å²) in [6.07, 6.45) is 0.571. The Kier molecular flexibility index (Phi) is 9.41. The Bertz CT molecular complexity index is 955. The Morgan fingerprint density at radius 2 is 1.75 bits per heavy atom. The molecule has 1 atom stereocenters. The fourth-order valence-electron chi connectivity index (χ4n) is 3.12. The SMILES string of the molecule is CON=C(COc1cccc(COc2ccc(CCC(=O)O)cc2)c1)C(C(C)=N)C(C)=O. The van der Waals surface area contributed by atoms with Gasteiger partial charge in [-0.3, -0.25) is 9.59 Å². The van der Waals surface area contributed by atoms with E-state index in [0.717, 1.165) is 11.1 Å². The number of Topliss-reactive ketones (excluding diaryl/α,β-unsaturated/α-hetero) is 1. The summed E-state index contributed by atoms with van der Waals surface area (Å²) >= 11 is 0. The van der Waals surface area contributed by atoms with Crippen LogP contribution in [0, 0.1) is 11.3 Å². The fraction of sp³-hybridized carbons (Fsp3) is 0.333. The van der Waals surface area contributed by atoms with Gasteiger partial charge in [-0.1, -0.05) is 29.4 Å². The summed E-state index contributed by atoms with van der Waals surface area (Å²) in [5.41, 5.74) is 2.33. The summed E-state index contributed by atoms with van der Waals surface area (Å²) in [6.45, 7) is 3.29. The number of hydrogen-bond donors (Lipinski definition) is 2. The first-order chi connectivity index (χ1) is 15.3. The standard InChI is InChI=1S/C24H28N2O6/c1-16(25)24(17(2)27)22(26-30-3)15-32-21-6-4-5-19(13-21)14-31-20-10-7-18(8-11-20)9-12-23(28)29/h4-8,10-11,13,24-25H,9,12,14-15H2,1-3H3,(H,28,29). The number of aryl methyl sites for hydroxylation is 1. The van der Waals surface area contributed by atoms with Crippen LogP contribution in [-0.2, 0) is 27.5 Å². The van der Waals surface area contributed by atoms with Gasteiger partial charge in [-0.25, -0.2) is 0 Å². The van der Waals surface area contributed by atoms with Crippen LogP contribution in [0.3, 0.4) is 0 Å². The predicted molar refractivity (Wildman–Crippen MR) is 121 cm³/mol. The zero-order valence-corrected chi connectivity index (χ0v) is 18.5. The molecule has 1 unspecified atom stereocenters. The number of nitrogens with one attached hydrogen (secondary N) is 1. The van der Waals surface area contributed by atoms with Crippen LogP contribution in [0.25, 0.3) is 0 Å². The summed E-state index contributed by atoms with van der Waals surface area (Å²) in [5.74, 6) is -0.551. The first kappa shape index (κ1) is 24.6. The van der Waals surface area contributed by atoms with Crippen LogP contribution in [0.15, 0.2) is 53.7 Å². The normalized spacial score (nSPS) is 12.0. The molecule has 2 aromatic carbocycles. The average molecular weight is 440 g/mol. The lowest BCUT2D eigenvalue weighted by Gasteiger charge is -2.16. The Hall–Kier alpha value is -3.68. The van der Waals surface area contributed by atoms with E-state index in [1.54, 1.807) is 13.0 Å². The van der Waals surface area contributed by atoms with Crippen molar-refractivity contribution in [2.24, 2.45) is 11.1 Å². The Balaban J connectivity index is 1.96. The zero-order chi connectivity index (χ0) is 23.5. The van der Waals surface area contributed by atoms with Crippen LogP contribution in [0.1, 0.15) is 31.4 Å². The quantitative estimate of drug-likeness (QED) is 0.360. The minimum Gasteiger partial charge on any atom is -0.489 e. The van der Waals surface area contributed by atoms with Crippen molar-refractivity contribution in [3.8, 4) is 11.5 Å². The number of nitrogens with zero attached hydrogens (tertiary/aromatic N) is 1. The van der Waals surface area contributed by atoms with E-state index in [-0.39, 0.29) is 24.5 Å². The number of oxime groups is 1. The molecule has 8 nitrogen and oxygen atoms in total. The monoisotopic (exact) mass is 440 g/mol. The minimum absolute atomic E-state index is 0.0103. The predicted octanol–water partition coefficient (Wildman–Crippen LogP) is 3.91. The van der Waals surface area contributed by atoms with Gasteiger partial charge in [0.15, 0.2) is 0 Å². The molecule has 2 N–H and O–H groups in total. The molecule has 0 aliphatic heterocycles. The van der Waals surface area contributed by atoms with E-state index in [4.69, 9.17) is 24.8 Å². The second kappa shape index (κ2) is 12.2. The van der Waals surface area contributed by atoms with Gasteiger partial charge in [0.2, 0.25) is 0 Å². The van der Waals surface area contributed by atoms with Crippen molar-refractivity contribution in [3.05, 3.63) is 59.7 Å². The Morgan fingerprint density at radius 3 is 2.34 bits per heavy atom. The van der Waals surface area contributed by atoms with Gasteiger partial charge in [0.05, 0.1) is 5.92 Å². The molecule has 8 heteroatoms. The third kappa shape index (κ3) is 7.86. The number of aliphatic carboxylic acids is 1. The smallest absolute Gasteiger partial charge is 0.303 e. The lowest BCUT2D eigenvalue weighted by atomic mass is 9.95. The molecule has 0 aliphatic carbocycles. The molecule has 0 saturated carbocycles. The fourth-order valence-corrected chi connectivity index (χ4v) is 3.12. The van der Waals surface area contributed by atoms with Gasteiger partial charge in [-0.2, -0.15) is 0 Å². The van der Waals surface area contributed by atoms with E-state index in [1.165, 1.54) is 14.0 Å².